The first-order chi connectivity index (χ1) is 8.88. The molecule has 0 aliphatic heterocycles. The fourth-order valence-electron chi connectivity index (χ4n) is 2.15. The highest BCUT2D eigenvalue weighted by Gasteiger charge is 2.26. The molecule has 19 heavy (non-hydrogen) atoms. The zero-order chi connectivity index (χ0) is 14.6. The van der Waals surface area contributed by atoms with Crippen LogP contribution in [-0.4, -0.2) is 26.7 Å². The molecule has 108 valence electrons. The summed E-state index contributed by atoms with van der Waals surface area (Å²) in [7, 11) is 5.87. The highest BCUT2D eigenvalue weighted by molar-refractivity contribution is 5.61. The molecule has 0 radical (unpaired) electrons. The number of nitrogens with one attached hydrogen (secondary N) is 1. The van der Waals surface area contributed by atoms with Crippen LogP contribution in [0.5, 0.6) is 5.75 Å². The molecule has 1 rings (SSSR count). The van der Waals surface area contributed by atoms with Crippen molar-refractivity contribution in [3.8, 4) is 5.75 Å². The molecule has 0 saturated carbocycles. The normalized spacial score (nSPS) is 13.2. The Morgan fingerprint density at radius 3 is 2.47 bits per heavy atom. The molecule has 0 aromatic heterocycles. The number of hydrogen-bond donors (Lipinski definition) is 1. The Kier molecular flexibility index (Phi) is 5.24. The summed E-state index contributed by atoms with van der Waals surface area (Å²) in [5.74, 6) is 0.943. The molecule has 3 nitrogen and oxygen atoms in total. The fourth-order valence-corrected chi connectivity index (χ4v) is 2.15. The van der Waals surface area contributed by atoms with Gasteiger partial charge in [-0.15, -0.1) is 0 Å². The summed E-state index contributed by atoms with van der Waals surface area (Å²) in [6.45, 7) is 8.91. The Morgan fingerprint density at radius 1 is 1.37 bits per heavy atom. The summed E-state index contributed by atoms with van der Waals surface area (Å²) in [5, 5.41) is 3.31. The third kappa shape index (κ3) is 3.21. The third-order valence-corrected chi connectivity index (χ3v) is 4.26. The van der Waals surface area contributed by atoms with E-state index in [9.17, 15) is 0 Å². The van der Waals surface area contributed by atoms with Gasteiger partial charge in [0.2, 0.25) is 0 Å². The molecule has 0 saturated heterocycles. The summed E-state index contributed by atoms with van der Waals surface area (Å²) in [6, 6.07) is 6.51. The molecule has 3 heteroatoms. The second kappa shape index (κ2) is 6.29. The summed E-state index contributed by atoms with van der Waals surface area (Å²) in [6.07, 6.45) is 1.09. The Labute approximate surface area is 118 Å². The molecule has 0 amide bonds. The van der Waals surface area contributed by atoms with Crippen molar-refractivity contribution < 1.29 is 4.74 Å². The molecule has 0 spiro atoms. The maximum Gasteiger partial charge on any atom is 0.125 e. The summed E-state index contributed by atoms with van der Waals surface area (Å²) >= 11 is 0. The zero-order valence-electron chi connectivity index (χ0n) is 13.4. The highest BCUT2D eigenvalue weighted by atomic mass is 16.5. The minimum atomic E-state index is 0.120. The lowest BCUT2D eigenvalue weighted by atomic mass is 9.96. The minimum absolute atomic E-state index is 0.120. The monoisotopic (exact) mass is 264 g/mol. The van der Waals surface area contributed by atoms with Crippen LogP contribution in [0.4, 0.5) is 5.69 Å². The Bertz CT molecular complexity index is 415. The lowest BCUT2D eigenvalue weighted by Gasteiger charge is -2.39. The van der Waals surface area contributed by atoms with Gasteiger partial charge in [0, 0.05) is 29.9 Å². The van der Waals surface area contributed by atoms with Crippen LogP contribution in [0.2, 0.25) is 0 Å². The van der Waals surface area contributed by atoms with Crippen molar-refractivity contribution in [3.05, 3.63) is 23.8 Å². The van der Waals surface area contributed by atoms with Crippen molar-refractivity contribution in [2.24, 2.45) is 0 Å². The van der Waals surface area contributed by atoms with E-state index in [1.165, 1.54) is 11.3 Å². The smallest absolute Gasteiger partial charge is 0.125 e. The van der Waals surface area contributed by atoms with Gasteiger partial charge < -0.3 is 15.0 Å². The van der Waals surface area contributed by atoms with Gasteiger partial charge in [-0.3, -0.25) is 0 Å². The van der Waals surface area contributed by atoms with Gasteiger partial charge in [0.1, 0.15) is 5.75 Å². The molecule has 0 aliphatic carbocycles. The van der Waals surface area contributed by atoms with E-state index >= 15 is 0 Å². The number of ether oxygens (including phenoxy) is 1. The number of hydrogen-bond acceptors (Lipinski definition) is 3. The molecule has 1 aromatic carbocycles. The predicted octanol–water partition coefficient (Wildman–Crippen LogP) is 3.60. The van der Waals surface area contributed by atoms with Crippen molar-refractivity contribution in [1.29, 1.82) is 0 Å². The van der Waals surface area contributed by atoms with Gasteiger partial charge in [-0.1, -0.05) is 13.0 Å². The Morgan fingerprint density at radius 2 is 2.00 bits per heavy atom. The van der Waals surface area contributed by atoms with Crippen LogP contribution in [0, 0.1) is 0 Å². The van der Waals surface area contributed by atoms with E-state index in [4.69, 9.17) is 4.74 Å². The van der Waals surface area contributed by atoms with Crippen LogP contribution in [-0.2, 0) is 0 Å². The molecule has 0 bridgehead atoms. The molecule has 1 N–H and O–H groups in total. The molecule has 1 aromatic rings. The molecule has 1 unspecified atom stereocenters. The van der Waals surface area contributed by atoms with E-state index in [1.54, 1.807) is 7.11 Å². The summed E-state index contributed by atoms with van der Waals surface area (Å²) in [4.78, 5) is 2.35. The van der Waals surface area contributed by atoms with Crippen molar-refractivity contribution in [2.75, 3.05) is 26.1 Å². The van der Waals surface area contributed by atoms with Crippen LogP contribution in [0.25, 0.3) is 0 Å². The van der Waals surface area contributed by atoms with Crippen molar-refractivity contribution in [3.63, 3.8) is 0 Å². The third-order valence-electron chi connectivity index (χ3n) is 4.26. The van der Waals surface area contributed by atoms with Gasteiger partial charge in [0.15, 0.2) is 0 Å². The number of benzene rings is 1. The minimum Gasteiger partial charge on any atom is -0.496 e. The van der Waals surface area contributed by atoms with E-state index in [0.29, 0.717) is 0 Å². The molecular weight excluding hydrogens is 236 g/mol. The first-order valence-electron chi connectivity index (χ1n) is 6.97. The summed E-state index contributed by atoms with van der Waals surface area (Å²) in [5.41, 5.74) is 2.57. The summed E-state index contributed by atoms with van der Waals surface area (Å²) < 4.78 is 5.54. The number of anilines is 1. The zero-order valence-corrected chi connectivity index (χ0v) is 13.4. The van der Waals surface area contributed by atoms with Gasteiger partial charge >= 0.3 is 0 Å². The van der Waals surface area contributed by atoms with Gasteiger partial charge in [-0.25, -0.2) is 0 Å². The van der Waals surface area contributed by atoms with E-state index in [-0.39, 0.29) is 11.6 Å². The van der Waals surface area contributed by atoms with Crippen LogP contribution in [0.3, 0.4) is 0 Å². The maximum atomic E-state index is 5.54. The first kappa shape index (κ1) is 15.8. The van der Waals surface area contributed by atoms with Gasteiger partial charge in [-0.2, -0.15) is 0 Å². The highest BCUT2D eigenvalue weighted by Crippen LogP contribution is 2.37. The van der Waals surface area contributed by atoms with Gasteiger partial charge in [0.25, 0.3) is 0 Å². The molecular formula is C16H28N2O. The predicted molar refractivity (Wildman–Crippen MR) is 83.2 cm³/mol. The lowest BCUT2D eigenvalue weighted by molar-refractivity contribution is 0.402. The Balaban J connectivity index is 3.34. The van der Waals surface area contributed by atoms with Crippen LogP contribution >= 0.6 is 0 Å². The van der Waals surface area contributed by atoms with E-state index in [2.05, 4.69) is 57.1 Å². The largest absolute Gasteiger partial charge is 0.496 e. The van der Waals surface area contributed by atoms with Crippen LogP contribution in [0.1, 0.15) is 45.7 Å². The number of methoxy groups -OCH3 is 1. The first-order valence-corrected chi connectivity index (χ1v) is 6.97. The number of nitrogens with zero attached hydrogens (tertiary/aromatic N) is 1. The van der Waals surface area contributed by atoms with E-state index in [1.807, 2.05) is 13.1 Å². The van der Waals surface area contributed by atoms with Crippen molar-refractivity contribution in [2.45, 2.75) is 45.7 Å². The Hall–Kier alpha value is -1.22. The van der Waals surface area contributed by atoms with Crippen LogP contribution < -0.4 is 15.0 Å². The van der Waals surface area contributed by atoms with E-state index in [0.717, 1.165) is 12.2 Å². The average Bonchev–Trinajstić information content (AvgIpc) is 2.44. The molecule has 0 heterocycles. The molecule has 0 fully saturated rings. The second-order valence-corrected chi connectivity index (χ2v) is 5.63. The van der Waals surface area contributed by atoms with Gasteiger partial charge in [-0.05, 0) is 46.4 Å². The number of rotatable bonds is 6. The van der Waals surface area contributed by atoms with E-state index < -0.39 is 0 Å². The second-order valence-electron chi connectivity index (χ2n) is 5.63. The standard InChI is InChI=1S/C16H28N2O/c1-8-16(3,4)18(6)13-10-9-11-14(19-7)15(13)12(2)17-5/h9-12,17H,8H2,1-7H3. The maximum absolute atomic E-state index is 5.54. The van der Waals surface area contributed by atoms with Gasteiger partial charge in [0.05, 0.1) is 7.11 Å². The topological polar surface area (TPSA) is 24.5 Å². The molecule has 0 aliphatic rings. The SMILES string of the molecule is CCC(C)(C)N(C)c1cccc(OC)c1C(C)NC. The van der Waals surface area contributed by atoms with Crippen molar-refractivity contribution in [1.82, 2.24) is 5.32 Å². The van der Waals surface area contributed by atoms with Crippen molar-refractivity contribution >= 4 is 5.69 Å². The average molecular weight is 264 g/mol. The lowest BCUT2D eigenvalue weighted by Crippen LogP contribution is -2.41. The fraction of sp³-hybridized carbons (Fsp3) is 0.625. The molecule has 1 atom stereocenters. The quantitative estimate of drug-likeness (QED) is 0.849. The van der Waals surface area contributed by atoms with Crippen LogP contribution in [0.15, 0.2) is 18.2 Å².